The minimum atomic E-state index is -4.67. The van der Waals surface area contributed by atoms with Crippen LogP contribution in [-0.4, -0.2) is 34.2 Å². The lowest BCUT2D eigenvalue weighted by atomic mass is 9.90. The molecule has 1 aliphatic rings. The second kappa shape index (κ2) is 10.8. The summed E-state index contributed by atoms with van der Waals surface area (Å²) in [5.74, 6) is -2.06. The smallest absolute Gasteiger partial charge is 0.305 e. The van der Waals surface area contributed by atoms with E-state index in [4.69, 9.17) is 0 Å². The number of nitrogens with zero attached hydrogens (tertiary/aromatic N) is 3. The Morgan fingerprint density at radius 1 is 0.974 bits per heavy atom. The molecule has 200 valence electrons. The van der Waals surface area contributed by atoms with Gasteiger partial charge < -0.3 is 5.32 Å². The fourth-order valence-electron chi connectivity index (χ4n) is 5.06. The Morgan fingerprint density at radius 2 is 1.69 bits per heavy atom. The van der Waals surface area contributed by atoms with Gasteiger partial charge in [0.2, 0.25) is 0 Å². The monoisotopic (exact) mass is 532 g/mol. The zero-order valence-electron chi connectivity index (χ0n) is 21.3. The third-order valence-corrected chi connectivity index (χ3v) is 6.80. The molecule has 39 heavy (non-hydrogen) atoms. The van der Waals surface area contributed by atoms with Gasteiger partial charge in [-0.2, -0.15) is 13.2 Å². The molecule has 5 rings (SSSR count). The van der Waals surface area contributed by atoms with E-state index in [0.29, 0.717) is 16.1 Å². The number of nitrogens with one attached hydrogen (secondary N) is 1. The number of anilines is 1. The largest absolute Gasteiger partial charge is 0.408 e. The summed E-state index contributed by atoms with van der Waals surface area (Å²) in [5, 5.41) is 3.23. The highest BCUT2D eigenvalue weighted by Crippen LogP contribution is 2.47. The first-order valence-corrected chi connectivity index (χ1v) is 12.8. The van der Waals surface area contributed by atoms with Gasteiger partial charge in [0.15, 0.2) is 5.82 Å². The minimum absolute atomic E-state index is 0.0275. The number of hydrogen-bond donors (Lipinski definition) is 1. The van der Waals surface area contributed by atoms with Crippen molar-refractivity contribution in [1.29, 1.82) is 0 Å². The van der Waals surface area contributed by atoms with Gasteiger partial charge in [-0.25, -0.2) is 14.7 Å². The number of fused-ring (bicyclic) bond motifs is 3. The quantitative estimate of drug-likeness (QED) is 0.289. The number of rotatable bonds is 8. The number of carbonyl (C=O) groups excluding carboxylic acids is 2. The van der Waals surface area contributed by atoms with E-state index in [-0.39, 0.29) is 5.82 Å². The van der Waals surface area contributed by atoms with Crippen LogP contribution in [0.25, 0.3) is 11.1 Å². The maximum atomic E-state index is 14.1. The van der Waals surface area contributed by atoms with Crippen molar-refractivity contribution in [2.75, 3.05) is 16.9 Å². The van der Waals surface area contributed by atoms with Crippen LogP contribution >= 0.6 is 0 Å². The Bertz CT molecular complexity index is 1500. The average Bonchev–Trinajstić information content (AvgIpc) is 3.53. The van der Waals surface area contributed by atoms with Crippen molar-refractivity contribution in [3.63, 3.8) is 0 Å². The van der Waals surface area contributed by atoms with Crippen molar-refractivity contribution in [1.82, 2.24) is 9.66 Å². The summed E-state index contributed by atoms with van der Waals surface area (Å²) in [4.78, 5) is 30.7. The number of alkyl halides is 3. The molecular formula is C30H27F3N4O2. The van der Waals surface area contributed by atoms with Gasteiger partial charge in [0.25, 0.3) is 11.8 Å². The number of imidazole rings is 1. The lowest BCUT2D eigenvalue weighted by Gasteiger charge is -2.28. The van der Waals surface area contributed by atoms with E-state index in [9.17, 15) is 22.8 Å². The van der Waals surface area contributed by atoms with Crippen molar-refractivity contribution in [3.05, 3.63) is 108 Å². The highest BCUT2D eigenvalue weighted by Gasteiger charge is 2.42. The van der Waals surface area contributed by atoms with Gasteiger partial charge in [-0.15, -0.1) is 0 Å². The molecule has 0 radical (unpaired) electrons. The van der Waals surface area contributed by atoms with E-state index < -0.39 is 30.5 Å². The van der Waals surface area contributed by atoms with Crippen LogP contribution in [0.1, 0.15) is 52.7 Å². The number of hydrogen-bond acceptors (Lipinski definition) is 3. The molecule has 1 aromatic heterocycles. The average molecular weight is 533 g/mol. The molecule has 0 saturated heterocycles. The van der Waals surface area contributed by atoms with Crippen molar-refractivity contribution in [3.8, 4) is 11.1 Å². The van der Waals surface area contributed by atoms with E-state index in [1.165, 1.54) is 6.20 Å². The molecule has 9 heteroatoms. The van der Waals surface area contributed by atoms with Gasteiger partial charge in [0.05, 0.1) is 12.1 Å². The van der Waals surface area contributed by atoms with Crippen LogP contribution in [0.15, 0.2) is 85.3 Å². The molecular weight excluding hydrogens is 505 g/mol. The van der Waals surface area contributed by atoms with Gasteiger partial charge in [0, 0.05) is 5.56 Å². The molecule has 4 aromatic rings. The van der Waals surface area contributed by atoms with Crippen LogP contribution in [0.3, 0.4) is 0 Å². The molecule has 1 unspecified atom stereocenters. The second-order valence-electron chi connectivity index (χ2n) is 9.47. The molecule has 0 fully saturated rings. The minimum Gasteiger partial charge on any atom is -0.305 e. The van der Waals surface area contributed by atoms with Crippen LogP contribution in [0, 0.1) is 0 Å². The van der Waals surface area contributed by atoms with Crippen LogP contribution < -0.4 is 10.3 Å². The highest BCUT2D eigenvalue weighted by molar-refractivity contribution is 6.04. The molecule has 0 spiro atoms. The van der Waals surface area contributed by atoms with Crippen LogP contribution in [0.5, 0.6) is 0 Å². The van der Waals surface area contributed by atoms with Gasteiger partial charge in [-0.05, 0) is 52.8 Å². The molecule has 0 aliphatic heterocycles. The summed E-state index contributed by atoms with van der Waals surface area (Å²) in [6.45, 7) is 0.554. The standard InChI is InChI=1S/C30H27F3N4O2/c1-2-3-10-20-13-9-16-23-22-14-7-8-15-24(22)27(26(20)23)29(39)37(18-30(31,32)33)36-17-25(34-19-36)35-28(38)21-11-5-4-6-12-21/h4-9,11-17,19,27H,2-3,10,18H2,1H3,(H,35,38). The summed E-state index contributed by atoms with van der Waals surface area (Å²) < 4.78 is 42.5. The molecule has 2 amide bonds. The van der Waals surface area contributed by atoms with E-state index in [1.807, 2.05) is 30.3 Å². The summed E-state index contributed by atoms with van der Waals surface area (Å²) in [7, 11) is 0. The summed E-state index contributed by atoms with van der Waals surface area (Å²) >= 11 is 0. The molecule has 0 bridgehead atoms. The van der Waals surface area contributed by atoms with Crippen molar-refractivity contribution >= 4 is 17.6 Å². The second-order valence-corrected chi connectivity index (χ2v) is 9.47. The van der Waals surface area contributed by atoms with Crippen LogP contribution in [0.4, 0.5) is 19.0 Å². The van der Waals surface area contributed by atoms with Crippen LogP contribution in [-0.2, 0) is 11.2 Å². The predicted octanol–water partition coefficient (Wildman–Crippen LogP) is 6.32. The Morgan fingerprint density at radius 3 is 2.44 bits per heavy atom. The molecule has 1 heterocycles. The van der Waals surface area contributed by atoms with Crippen molar-refractivity contribution in [2.45, 2.75) is 38.3 Å². The van der Waals surface area contributed by atoms with E-state index in [0.717, 1.165) is 52.5 Å². The molecule has 6 nitrogen and oxygen atoms in total. The molecule has 3 aromatic carbocycles. The van der Waals surface area contributed by atoms with Crippen molar-refractivity contribution < 1.29 is 22.8 Å². The number of halogens is 3. The summed E-state index contributed by atoms with van der Waals surface area (Å²) in [6.07, 6.45) is 0.214. The maximum absolute atomic E-state index is 14.1. The third kappa shape index (κ3) is 5.43. The predicted molar refractivity (Wildman–Crippen MR) is 143 cm³/mol. The first-order valence-electron chi connectivity index (χ1n) is 12.8. The van der Waals surface area contributed by atoms with E-state index in [2.05, 4.69) is 17.2 Å². The number of aryl methyl sites for hydroxylation is 1. The zero-order chi connectivity index (χ0) is 27.6. The van der Waals surface area contributed by atoms with Gasteiger partial charge in [-0.1, -0.05) is 74.0 Å². The SMILES string of the molecule is CCCCc1cccc2c1C(C(=O)N(CC(F)(F)F)n1cnc(NC(=O)c3ccccc3)c1)c1ccccc1-2. The van der Waals surface area contributed by atoms with Gasteiger partial charge in [0.1, 0.15) is 12.9 Å². The van der Waals surface area contributed by atoms with Crippen LogP contribution in [0.2, 0.25) is 0 Å². The molecule has 1 aliphatic carbocycles. The molecule has 0 saturated carbocycles. The lowest BCUT2D eigenvalue weighted by Crippen LogP contribution is -2.48. The first kappa shape index (κ1) is 26.2. The maximum Gasteiger partial charge on any atom is 0.408 e. The number of amides is 2. The van der Waals surface area contributed by atoms with Gasteiger partial charge >= 0.3 is 6.18 Å². The van der Waals surface area contributed by atoms with E-state index in [1.54, 1.807) is 42.5 Å². The fourth-order valence-corrected chi connectivity index (χ4v) is 5.06. The zero-order valence-corrected chi connectivity index (χ0v) is 21.3. The first-order chi connectivity index (χ1) is 18.8. The normalized spacial score (nSPS) is 14.0. The summed E-state index contributed by atoms with van der Waals surface area (Å²) in [5.41, 5.74) is 4.46. The number of aromatic nitrogens is 2. The number of carbonyl (C=O) groups is 2. The number of unbranched alkanes of at least 4 members (excludes halogenated alkanes) is 1. The Kier molecular flexibility index (Phi) is 7.24. The van der Waals surface area contributed by atoms with E-state index >= 15 is 0 Å². The molecule has 1 N–H and O–H groups in total. The molecule has 1 atom stereocenters. The Labute approximate surface area is 224 Å². The van der Waals surface area contributed by atoms with Gasteiger partial charge in [-0.3, -0.25) is 9.59 Å². The Balaban J connectivity index is 1.52. The Hall–Kier alpha value is -4.40. The third-order valence-electron chi connectivity index (χ3n) is 6.80. The highest BCUT2D eigenvalue weighted by atomic mass is 19.4. The number of benzene rings is 3. The van der Waals surface area contributed by atoms with Crippen molar-refractivity contribution in [2.24, 2.45) is 0 Å². The summed E-state index contributed by atoms with van der Waals surface area (Å²) in [6, 6.07) is 21.5. The fraction of sp³-hybridized carbons (Fsp3) is 0.233. The lowest BCUT2D eigenvalue weighted by molar-refractivity contribution is -0.136. The topological polar surface area (TPSA) is 67.2 Å².